The van der Waals surface area contributed by atoms with E-state index in [4.69, 9.17) is 14.7 Å². The summed E-state index contributed by atoms with van der Waals surface area (Å²) in [5, 5.41) is 15.1. The topological polar surface area (TPSA) is 80.0 Å². The molecule has 2 aromatic heterocycles. The molecule has 1 atom stereocenters. The van der Waals surface area contributed by atoms with Crippen LogP contribution in [0.1, 0.15) is 96.2 Å². The second kappa shape index (κ2) is 8.14. The fourth-order valence-electron chi connectivity index (χ4n) is 4.11. The van der Waals surface area contributed by atoms with Crippen molar-refractivity contribution in [1.82, 2.24) is 19.5 Å². The number of rotatable bonds is 6. The van der Waals surface area contributed by atoms with Gasteiger partial charge in [0.25, 0.3) is 5.91 Å². The van der Waals surface area contributed by atoms with Crippen LogP contribution in [0.2, 0.25) is 0 Å². The van der Waals surface area contributed by atoms with Gasteiger partial charge in [0.1, 0.15) is 5.69 Å². The lowest BCUT2D eigenvalue weighted by Gasteiger charge is -2.37. The highest BCUT2D eigenvalue weighted by Gasteiger charge is 2.42. The summed E-state index contributed by atoms with van der Waals surface area (Å²) >= 11 is 0. The zero-order chi connectivity index (χ0) is 23.3. The third-order valence-electron chi connectivity index (χ3n) is 7.55. The minimum absolute atomic E-state index is 0.0110. The number of carbonyl (C=O) groups is 1. The van der Waals surface area contributed by atoms with Crippen molar-refractivity contribution in [3.8, 4) is 0 Å². The summed E-state index contributed by atoms with van der Waals surface area (Å²) in [5.41, 5.74) is 0.999. The first-order chi connectivity index (χ1) is 14.9. The molecule has 32 heavy (non-hydrogen) atoms. The molecule has 2 fully saturated rings. The number of fused-ring (bicyclic) bond motifs is 1. The number of carbonyl (C=O) groups excluding carboxylic acids is 1. The van der Waals surface area contributed by atoms with Crippen LogP contribution in [-0.2, 0) is 10.1 Å². The second-order valence-electron chi connectivity index (χ2n) is 10.9. The predicted molar refractivity (Wildman–Crippen MR) is 125 cm³/mol. The molecule has 2 aromatic rings. The molecule has 0 bridgehead atoms. The number of amides is 1. The van der Waals surface area contributed by atoms with E-state index in [2.05, 4.69) is 13.8 Å². The van der Waals surface area contributed by atoms with Gasteiger partial charge in [-0.2, -0.15) is 5.10 Å². The van der Waals surface area contributed by atoms with E-state index in [-0.39, 0.29) is 17.4 Å². The van der Waals surface area contributed by atoms with Crippen LogP contribution in [0.4, 0.5) is 0 Å². The van der Waals surface area contributed by atoms with Crippen LogP contribution < -0.4 is 5.59 Å². The highest BCUT2D eigenvalue weighted by molar-refractivity contribution is 6.46. The van der Waals surface area contributed by atoms with Gasteiger partial charge in [0.15, 0.2) is 5.65 Å². The summed E-state index contributed by atoms with van der Waals surface area (Å²) in [5.74, 6) is 0.0125. The molecule has 1 aliphatic carbocycles. The minimum atomic E-state index is -1.02. The van der Waals surface area contributed by atoms with Gasteiger partial charge in [0, 0.05) is 18.0 Å². The smallest absolute Gasteiger partial charge is 0.354 e. The Bertz CT molecular complexity index is 1010. The Morgan fingerprint density at radius 2 is 1.94 bits per heavy atom. The van der Waals surface area contributed by atoms with Crippen LogP contribution in [0.15, 0.2) is 12.1 Å². The van der Waals surface area contributed by atoms with Gasteiger partial charge in [-0.3, -0.25) is 4.79 Å². The highest BCUT2D eigenvalue weighted by atomic mass is 16.5. The van der Waals surface area contributed by atoms with Gasteiger partial charge in [-0.05, 0) is 72.4 Å². The van der Waals surface area contributed by atoms with Crippen molar-refractivity contribution in [2.24, 2.45) is 0 Å². The van der Waals surface area contributed by atoms with E-state index in [9.17, 15) is 9.90 Å². The van der Waals surface area contributed by atoms with Crippen molar-refractivity contribution in [3.05, 3.63) is 23.5 Å². The Labute approximate surface area is 191 Å². The zero-order valence-corrected chi connectivity index (χ0v) is 20.3. The van der Waals surface area contributed by atoms with E-state index in [0.29, 0.717) is 16.9 Å². The lowest BCUT2D eigenvalue weighted by molar-refractivity contribution is -0.0893. The maximum Gasteiger partial charge on any atom is 0.354 e. The molecule has 3 heterocycles. The molecule has 1 radical (unpaired) electrons. The van der Waals surface area contributed by atoms with Gasteiger partial charge in [-0.25, -0.2) is 9.50 Å². The molecule has 1 N–H and O–H groups in total. The van der Waals surface area contributed by atoms with Gasteiger partial charge >= 0.3 is 7.48 Å². The Kier molecular flexibility index (Phi) is 5.91. The van der Waals surface area contributed by atoms with Gasteiger partial charge in [-0.15, -0.1) is 0 Å². The van der Waals surface area contributed by atoms with E-state index in [1.54, 1.807) is 21.3 Å². The van der Waals surface area contributed by atoms with Gasteiger partial charge in [-0.1, -0.05) is 19.8 Å². The van der Waals surface area contributed by atoms with Crippen LogP contribution in [0.3, 0.4) is 0 Å². The zero-order valence-electron chi connectivity index (χ0n) is 20.3. The van der Waals surface area contributed by atoms with Gasteiger partial charge in [0.05, 0.1) is 22.5 Å². The van der Waals surface area contributed by atoms with Crippen LogP contribution in [0, 0.1) is 0 Å². The summed E-state index contributed by atoms with van der Waals surface area (Å²) in [6.07, 6.45) is 6.57. The van der Waals surface area contributed by atoms with E-state index in [1.807, 2.05) is 35.4 Å². The van der Waals surface area contributed by atoms with Crippen molar-refractivity contribution < 1.29 is 14.6 Å². The predicted octanol–water partition coefficient (Wildman–Crippen LogP) is 3.00. The largest absolute Gasteiger partial charge is 0.425 e. The molecular formula is C24H36BN4O3. The molecule has 1 aliphatic heterocycles. The molecule has 1 saturated heterocycles. The molecule has 173 valence electrons. The molecule has 7 nitrogen and oxygen atoms in total. The molecule has 1 amide bonds. The minimum Gasteiger partial charge on any atom is -0.425 e. The average molecular weight is 439 g/mol. The van der Waals surface area contributed by atoms with Gasteiger partial charge in [0.2, 0.25) is 0 Å². The standard InChI is InChI=1S/C24H36BN4O3/c1-16-10-8-7-9-13-28(16)21(30)17-14-18(24(6)11-12-24)29-20(26-17)15-19(27-29)25-32-23(4,5)22(2,3)31/h14-16,31H,7-13H2,1-6H3/t16-/m1/s1. The maximum absolute atomic E-state index is 13.5. The summed E-state index contributed by atoms with van der Waals surface area (Å²) in [6, 6.07) is 4.02. The van der Waals surface area contributed by atoms with E-state index in [1.165, 1.54) is 12.8 Å². The van der Waals surface area contributed by atoms with Crippen molar-refractivity contribution in [2.45, 2.75) is 103 Å². The Hall–Kier alpha value is -1.93. The van der Waals surface area contributed by atoms with Gasteiger partial charge < -0.3 is 14.7 Å². The number of nitrogens with zero attached hydrogens (tertiary/aromatic N) is 4. The molecule has 0 unspecified atom stereocenters. The summed E-state index contributed by atoms with van der Waals surface area (Å²) < 4.78 is 7.75. The number of hydrogen-bond donors (Lipinski definition) is 1. The normalized spacial score (nSPS) is 21.5. The molecule has 0 aromatic carbocycles. The number of likely N-dealkylation sites (tertiary alicyclic amines) is 1. The first-order valence-electron chi connectivity index (χ1n) is 11.9. The van der Waals surface area contributed by atoms with E-state index in [0.717, 1.165) is 37.9 Å². The molecule has 1 saturated carbocycles. The Balaban J connectivity index is 1.67. The van der Waals surface area contributed by atoms with Crippen LogP contribution in [0.5, 0.6) is 0 Å². The van der Waals surface area contributed by atoms with Crippen molar-refractivity contribution >= 4 is 24.6 Å². The first kappa shape index (κ1) is 23.2. The van der Waals surface area contributed by atoms with E-state index < -0.39 is 11.2 Å². The third-order valence-corrected chi connectivity index (χ3v) is 7.55. The SMILES string of the molecule is C[C@@H]1CCCCCN1C(=O)c1cc(C2(C)CC2)n2nc([B]OC(C)(C)C(C)(C)O)cc2n1. The van der Waals surface area contributed by atoms with Crippen LogP contribution in [0.25, 0.3) is 5.65 Å². The highest BCUT2D eigenvalue weighted by Crippen LogP contribution is 2.47. The van der Waals surface area contributed by atoms with Crippen LogP contribution >= 0.6 is 0 Å². The second-order valence-corrected chi connectivity index (χ2v) is 10.9. The fraction of sp³-hybridized carbons (Fsp3) is 0.708. The van der Waals surface area contributed by atoms with Crippen molar-refractivity contribution in [1.29, 1.82) is 0 Å². The van der Waals surface area contributed by atoms with Crippen molar-refractivity contribution in [2.75, 3.05) is 6.54 Å². The van der Waals surface area contributed by atoms with Crippen LogP contribution in [-0.4, -0.2) is 61.8 Å². The monoisotopic (exact) mass is 439 g/mol. The number of aliphatic hydroxyl groups is 1. The number of aromatic nitrogens is 3. The summed E-state index contributed by atoms with van der Waals surface area (Å²) in [7, 11) is 1.57. The Morgan fingerprint density at radius 3 is 2.59 bits per heavy atom. The molecule has 8 heteroatoms. The fourth-order valence-corrected chi connectivity index (χ4v) is 4.11. The average Bonchev–Trinajstić information content (AvgIpc) is 3.38. The number of hydrogen-bond acceptors (Lipinski definition) is 5. The molecule has 0 spiro atoms. The molecular weight excluding hydrogens is 403 g/mol. The maximum atomic E-state index is 13.5. The van der Waals surface area contributed by atoms with Crippen molar-refractivity contribution in [3.63, 3.8) is 0 Å². The Morgan fingerprint density at radius 1 is 1.22 bits per heavy atom. The summed E-state index contributed by atoms with van der Waals surface area (Å²) in [6.45, 7) is 12.3. The quantitative estimate of drug-likeness (QED) is 0.700. The summed E-state index contributed by atoms with van der Waals surface area (Å²) in [4.78, 5) is 20.2. The molecule has 4 rings (SSSR count). The lowest BCUT2D eigenvalue weighted by Crippen LogP contribution is -2.49. The lowest BCUT2D eigenvalue weighted by atomic mass is 9.85. The first-order valence-corrected chi connectivity index (χ1v) is 11.9. The molecule has 2 aliphatic rings. The third kappa shape index (κ3) is 4.44. The van der Waals surface area contributed by atoms with E-state index >= 15 is 0 Å².